The van der Waals surface area contributed by atoms with E-state index >= 15 is 0 Å². The van der Waals surface area contributed by atoms with E-state index in [1.807, 2.05) is 41.5 Å². The molecular weight excluding hydrogens is 396 g/mol. The predicted octanol–water partition coefficient (Wildman–Crippen LogP) is -1.20. The van der Waals surface area contributed by atoms with Crippen molar-refractivity contribution in [3.8, 4) is 0 Å². The molecule has 2 fully saturated rings. The highest BCUT2D eigenvalue weighted by Crippen LogP contribution is 2.31. The molecule has 0 radical (unpaired) electrons. The molecule has 8 N–H and O–H groups in total. The normalized spacial score (nSPS) is 43.6. The molecule has 0 aliphatic carbocycles. The first-order chi connectivity index (χ1) is 13.6. The molecule has 2 rings (SSSR count). The quantitative estimate of drug-likeness (QED) is 0.308. The maximum atomic E-state index is 10.4. The van der Waals surface area contributed by atoms with Crippen LogP contribution in [-0.4, -0.2) is 93.9 Å². The molecule has 2 aliphatic heterocycles. The second-order valence-corrected chi connectivity index (χ2v) is 10.5. The molecule has 0 aromatic heterocycles. The molecule has 10 atom stereocenters. The summed E-state index contributed by atoms with van der Waals surface area (Å²) < 4.78 is 23.0. The van der Waals surface area contributed by atoms with Crippen molar-refractivity contribution in [3.63, 3.8) is 0 Å². The summed E-state index contributed by atoms with van der Waals surface area (Å²) in [6.07, 6.45) is -8.06. The Kier molecular flexibility index (Phi) is 8.29. The van der Waals surface area contributed by atoms with Crippen LogP contribution in [0.1, 0.15) is 48.0 Å². The largest absolute Gasteiger partial charge is 0.388 e. The average Bonchev–Trinajstić information content (AvgIpc) is 2.60. The fraction of sp³-hybridized carbons (Fsp3) is 1.00. The Morgan fingerprint density at radius 1 is 0.733 bits per heavy atom. The fourth-order valence-electron chi connectivity index (χ4n) is 3.61. The van der Waals surface area contributed by atoms with E-state index < -0.39 is 66.9 Å². The summed E-state index contributed by atoms with van der Waals surface area (Å²) in [5.41, 5.74) is 11.2. The van der Waals surface area contributed by atoms with Crippen LogP contribution in [0.4, 0.5) is 0 Å². The van der Waals surface area contributed by atoms with Crippen LogP contribution >= 0.6 is 0 Å². The Balaban J connectivity index is 2.04. The second kappa shape index (κ2) is 9.62. The zero-order chi connectivity index (χ0) is 23.0. The van der Waals surface area contributed by atoms with Crippen LogP contribution in [0.2, 0.25) is 0 Å². The lowest BCUT2D eigenvalue weighted by atomic mass is 9.84. The van der Waals surface area contributed by atoms with Gasteiger partial charge in [0.15, 0.2) is 12.6 Å². The van der Waals surface area contributed by atoms with Crippen molar-refractivity contribution in [2.24, 2.45) is 16.9 Å². The molecule has 2 saturated heterocycles. The summed E-state index contributed by atoms with van der Waals surface area (Å²) in [6, 6.07) is -1.93. The van der Waals surface area contributed by atoms with Gasteiger partial charge in [0, 0.05) is 0 Å². The standard InChI is InChI=1S/C20H40N2O8/c1-19(2,3)7-9-13(23)15(25)11(21)17(28-9)27-8-10-14(24)16(26)12(22)18(29-10)30-20(4,5)6/h9-18,23-26H,7-8,21-22H2,1-6H3. The molecule has 2 aliphatic rings. The molecular formula is C20H40N2O8. The van der Waals surface area contributed by atoms with Crippen LogP contribution < -0.4 is 11.5 Å². The number of nitrogens with two attached hydrogens (primary N) is 2. The lowest BCUT2D eigenvalue weighted by Crippen LogP contribution is -2.65. The third-order valence-electron chi connectivity index (χ3n) is 5.20. The summed E-state index contributed by atoms with van der Waals surface area (Å²) in [6.45, 7) is 11.3. The maximum absolute atomic E-state index is 10.4. The van der Waals surface area contributed by atoms with Gasteiger partial charge in [-0.15, -0.1) is 0 Å². The molecule has 178 valence electrons. The third kappa shape index (κ3) is 6.55. The van der Waals surface area contributed by atoms with Crippen molar-refractivity contribution in [2.45, 2.75) is 115 Å². The van der Waals surface area contributed by atoms with Crippen LogP contribution in [0.5, 0.6) is 0 Å². The number of aliphatic hydroxyl groups excluding tert-OH is 4. The molecule has 0 bridgehead atoms. The summed E-state index contributed by atoms with van der Waals surface area (Å²) in [5.74, 6) is 0. The first kappa shape index (κ1) is 25.9. The van der Waals surface area contributed by atoms with Gasteiger partial charge in [0.1, 0.15) is 30.5 Å². The average molecular weight is 437 g/mol. The Hall–Kier alpha value is -0.400. The Morgan fingerprint density at radius 2 is 1.20 bits per heavy atom. The highest BCUT2D eigenvalue weighted by Gasteiger charge is 2.47. The molecule has 10 unspecified atom stereocenters. The topological polar surface area (TPSA) is 170 Å². The van der Waals surface area contributed by atoms with Gasteiger partial charge in [0.2, 0.25) is 0 Å². The summed E-state index contributed by atoms with van der Waals surface area (Å²) in [4.78, 5) is 0. The van der Waals surface area contributed by atoms with Crippen LogP contribution in [-0.2, 0) is 18.9 Å². The summed E-state index contributed by atoms with van der Waals surface area (Å²) >= 11 is 0. The van der Waals surface area contributed by atoms with E-state index in [2.05, 4.69) is 0 Å². The van der Waals surface area contributed by atoms with Crippen LogP contribution in [0.3, 0.4) is 0 Å². The lowest BCUT2D eigenvalue weighted by molar-refractivity contribution is -0.310. The minimum Gasteiger partial charge on any atom is -0.388 e. The Bertz CT molecular complexity index is 504. The summed E-state index contributed by atoms with van der Waals surface area (Å²) in [5, 5.41) is 41.3. The highest BCUT2D eigenvalue weighted by molar-refractivity contribution is 4.95. The van der Waals surface area contributed by atoms with Crippen molar-refractivity contribution < 1.29 is 39.4 Å². The van der Waals surface area contributed by atoms with Gasteiger partial charge < -0.3 is 50.8 Å². The molecule has 10 nitrogen and oxygen atoms in total. The number of rotatable bonds is 5. The highest BCUT2D eigenvalue weighted by atomic mass is 16.7. The van der Waals surface area contributed by atoms with Crippen molar-refractivity contribution >= 4 is 0 Å². The van der Waals surface area contributed by atoms with Crippen LogP contribution in [0.15, 0.2) is 0 Å². The smallest absolute Gasteiger partial charge is 0.176 e. The molecule has 0 spiro atoms. The molecule has 0 aromatic rings. The molecule has 30 heavy (non-hydrogen) atoms. The van der Waals surface area contributed by atoms with Crippen LogP contribution in [0.25, 0.3) is 0 Å². The summed E-state index contributed by atoms with van der Waals surface area (Å²) in [7, 11) is 0. The number of hydrogen-bond acceptors (Lipinski definition) is 10. The minimum atomic E-state index is -1.31. The van der Waals surface area contributed by atoms with Gasteiger partial charge in [0.25, 0.3) is 0 Å². The van der Waals surface area contributed by atoms with E-state index in [0.29, 0.717) is 6.42 Å². The van der Waals surface area contributed by atoms with E-state index in [1.54, 1.807) is 0 Å². The van der Waals surface area contributed by atoms with E-state index in [9.17, 15) is 20.4 Å². The minimum absolute atomic E-state index is 0.155. The zero-order valence-corrected chi connectivity index (χ0v) is 18.8. The van der Waals surface area contributed by atoms with Gasteiger partial charge in [-0.25, -0.2) is 0 Å². The maximum Gasteiger partial charge on any atom is 0.176 e. The Labute approximate surface area is 178 Å². The molecule has 10 heteroatoms. The van der Waals surface area contributed by atoms with Crippen molar-refractivity contribution in [1.82, 2.24) is 0 Å². The number of ether oxygens (including phenoxy) is 4. The molecule has 0 saturated carbocycles. The Morgan fingerprint density at radius 3 is 1.70 bits per heavy atom. The molecule has 0 aromatic carbocycles. The first-order valence-electron chi connectivity index (χ1n) is 10.4. The number of aliphatic hydroxyl groups is 4. The molecule has 2 heterocycles. The van der Waals surface area contributed by atoms with Gasteiger partial charge in [0.05, 0.1) is 30.4 Å². The van der Waals surface area contributed by atoms with Gasteiger partial charge in [-0.2, -0.15) is 0 Å². The van der Waals surface area contributed by atoms with Crippen molar-refractivity contribution in [3.05, 3.63) is 0 Å². The number of hydrogen-bond donors (Lipinski definition) is 6. The third-order valence-corrected chi connectivity index (χ3v) is 5.20. The van der Waals surface area contributed by atoms with Crippen molar-refractivity contribution in [2.75, 3.05) is 6.61 Å². The first-order valence-corrected chi connectivity index (χ1v) is 10.4. The van der Waals surface area contributed by atoms with E-state index in [-0.39, 0.29) is 12.0 Å². The SMILES string of the molecule is CC(C)(C)CC1OC(OCC2OC(OC(C)(C)C)C(N)C(O)C2O)C(N)C(O)C1O. The van der Waals surface area contributed by atoms with Gasteiger partial charge in [-0.3, -0.25) is 0 Å². The van der Waals surface area contributed by atoms with Gasteiger partial charge in [-0.05, 0) is 32.6 Å². The van der Waals surface area contributed by atoms with E-state index in [0.717, 1.165) is 0 Å². The molecule has 0 amide bonds. The van der Waals surface area contributed by atoms with Crippen LogP contribution in [0, 0.1) is 5.41 Å². The van der Waals surface area contributed by atoms with E-state index in [1.165, 1.54) is 0 Å². The van der Waals surface area contributed by atoms with Crippen molar-refractivity contribution in [1.29, 1.82) is 0 Å². The zero-order valence-electron chi connectivity index (χ0n) is 18.8. The second-order valence-electron chi connectivity index (χ2n) is 10.5. The predicted molar refractivity (Wildman–Crippen MR) is 108 cm³/mol. The lowest BCUT2D eigenvalue weighted by Gasteiger charge is -2.45. The fourth-order valence-corrected chi connectivity index (χ4v) is 3.61. The van der Waals surface area contributed by atoms with E-state index in [4.69, 9.17) is 30.4 Å². The van der Waals surface area contributed by atoms with Gasteiger partial charge >= 0.3 is 0 Å². The van der Waals surface area contributed by atoms with Gasteiger partial charge in [-0.1, -0.05) is 20.8 Å². The monoisotopic (exact) mass is 436 g/mol.